The Kier molecular flexibility index (Phi) is 8.76. The molecule has 112 valence electrons. The molecule has 2 nitrogen and oxygen atoms in total. The molecule has 0 aromatic rings. The maximum absolute atomic E-state index is 11.4. The highest BCUT2D eigenvalue weighted by Crippen LogP contribution is 2.49. The van der Waals surface area contributed by atoms with Gasteiger partial charge in [0.1, 0.15) is 0 Å². The number of halogens is 1. The van der Waals surface area contributed by atoms with Gasteiger partial charge in [0.25, 0.3) is 0 Å². The van der Waals surface area contributed by atoms with Gasteiger partial charge in [-0.3, -0.25) is 4.79 Å². The number of aliphatic carboxylic acids is 1. The maximum atomic E-state index is 11.4. The summed E-state index contributed by atoms with van der Waals surface area (Å²) in [4.78, 5) is 11.4. The van der Waals surface area contributed by atoms with Crippen molar-refractivity contribution in [3.05, 3.63) is 0 Å². The molecule has 1 unspecified atom stereocenters. The topological polar surface area (TPSA) is 37.3 Å². The van der Waals surface area contributed by atoms with Gasteiger partial charge in [0, 0.05) is 5.33 Å². The molecule has 0 aliphatic heterocycles. The van der Waals surface area contributed by atoms with E-state index in [0.29, 0.717) is 5.92 Å². The lowest BCUT2D eigenvalue weighted by molar-refractivity contribution is -0.142. The van der Waals surface area contributed by atoms with Crippen LogP contribution in [0.2, 0.25) is 0 Å². The monoisotopic (exact) mass is 332 g/mol. The van der Waals surface area contributed by atoms with Crippen molar-refractivity contribution in [1.29, 1.82) is 0 Å². The third kappa shape index (κ3) is 6.78. The lowest BCUT2D eigenvalue weighted by Gasteiger charge is -2.12. The molecule has 3 heteroatoms. The van der Waals surface area contributed by atoms with Crippen LogP contribution in [0.4, 0.5) is 0 Å². The molecule has 0 aromatic carbocycles. The minimum atomic E-state index is -0.552. The van der Waals surface area contributed by atoms with E-state index in [9.17, 15) is 9.90 Å². The summed E-state index contributed by atoms with van der Waals surface area (Å²) in [5, 5.41) is 10.4. The summed E-state index contributed by atoms with van der Waals surface area (Å²) in [6.45, 7) is 2.22. The molecule has 1 aliphatic carbocycles. The summed E-state index contributed by atoms with van der Waals surface area (Å²) < 4.78 is 0. The zero-order valence-corrected chi connectivity index (χ0v) is 13.8. The van der Waals surface area contributed by atoms with E-state index in [1.165, 1.54) is 51.4 Å². The summed E-state index contributed by atoms with van der Waals surface area (Å²) in [6, 6.07) is 0. The number of alkyl halides is 1. The van der Waals surface area contributed by atoms with Gasteiger partial charge in [-0.2, -0.15) is 0 Å². The second-order valence-electron chi connectivity index (χ2n) is 5.99. The highest BCUT2D eigenvalue weighted by molar-refractivity contribution is 9.09. The van der Waals surface area contributed by atoms with Crippen molar-refractivity contribution in [3.8, 4) is 0 Å². The zero-order chi connectivity index (χ0) is 14.1. The van der Waals surface area contributed by atoms with E-state index in [0.717, 1.165) is 24.1 Å². The Labute approximate surface area is 126 Å². The third-order valence-corrected chi connectivity index (χ3v) is 4.95. The fraction of sp³-hybridized carbons (Fsp3) is 0.938. The summed E-state index contributed by atoms with van der Waals surface area (Å²) in [5.74, 6) is 0.597. The minimum absolute atomic E-state index is 0.0596. The molecule has 0 amide bonds. The Morgan fingerprint density at radius 1 is 1.21 bits per heavy atom. The Balaban J connectivity index is 2.17. The number of hydrogen-bond acceptors (Lipinski definition) is 1. The molecule has 0 heterocycles. The van der Waals surface area contributed by atoms with Crippen molar-refractivity contribution in [2.45, 2.75) is 71.1 Å². The number of carboxylic acid groups (broad SMARTS) is 1. The Bertz CT molecular complexity index is 255. The van der Waals surface area contributed by atoms with Crippen LogP contribution in [-0.4, -0.2) is 16.4 Å². The van der Waals surface area contributed by atoms with E-state index >= 15 is 0 Å². The molecule has 0 saturated heterocycles. The van der Waals surface area contributed by atoms with E-state index in [1.807, 2.05) is 0 Å². The molecule has 1 aliphatic rings. The van der Waals surface area contributed by atoms with Crippen LogP contribution in [0.15, 0.2) is 0 Å². The number of carboxylic acids is 1. The Hall–Kier alpha value is -0.0500. The second-order valence-corrected chi connectivity index (χ2v) is 6.79. The first-order valence-electron chi connectivity index (χ1n) is 7.99. The predicted molar refractivity (Wildman–Crippen MR) is 83.7 cm³/mol. The summed E-state index contributed by atoms with van der Waals surface area (Å²) in [6.07, 6.45) is 11.9. The zero-order valence-electron chi connectivity index (χ0n) is 12.2. The van der Waals surface area contributed by atoms with E-state index < -0.39 is 5.97 Å². The molecule has 19 heavy (non-hydrogen) atoms. The third-order valence-electron chi connectivity index (χ3n) is 4.39. The highest BCUT2D eigenvalue weighted by Gasteiger charge is 2.44. The molecule has 0 radical (unpaired) electrons. The first kappa shape index (κ1) is 17.0. The van der Waals surface area contributed by atoms with Gasteiger partial charge in [0.2, 0.25) is 0 Å². The average Bonchev–Trinajstić information content (AvgIpc) is 3.13. The SMILES string of the molecule is CCCCCC1C[C@H]1[C@@H](CCCCCCBr)C(=O)O. The molecule has 1 N–H and O–H groups in total. The highest BCUT2D eigenvalue weighted by atomic mass is 79.9. The van der Waals surface area contributed by atoms with Crippen LogP contribution in [0, 0.1) is 17.8 Å². The quantitative estimate of drug-likeness (QED) is 0.391. The molecule has 0 spiro atoms. The average molecular weight is 333 g/mol. The fourth-order valence-electron chi connectivity index (χ4n) is 3.09. The van der Waals surface area contributed by atoms with Gasteiger partial charge in [0.05, 0.1) is 5.92 Å². The van der Waals surface area contributed by atoms with Gasteiger partial charge >= 0.3 is 5.97 Å². The van der Waals surface area contributed by atoms with Gasteiger partial charge < -0.3 is 5.11 Å². The van der Waals surface area contributed by atoms with Crippen LogP contribution >= 0.6 is 15.9 Å². The van der Waals surface area contributed by atoms with Gasteiger partial charge in [0.15, 0.2) is 0 Å². The summed E-state index contributed by atoms with van der Waals surface area (Å²) in [5.41, 5.74) is 0. The lowest BCUT2D eigenvalue weighted by Crippen LogP contribution is -2.17. The molecular formula is C16H29BrO2. The number of hydrogen-bond donors (Lipinski definition) is 1. The molecule has 0 bridgehead atoms. The molecule has 0 aromatic heterocycles. The van der Waals surface area contributed by atoms with Gasteiger partial charge in [-0.25, -0.2) is 0 Å². The largest absolute Gasteiger partial charge is 0.481 e. The van der Waals surface area contributed by atoms with Gasteiger partial charge in [-0.15, -0.1) is 0 Å². The molecule has 1 rings (SSSR count). The lowest BCUT2D eigenvalue weighted by atomic mass is 9.94. The van der Waals surface area contributed by atoms with Gasteiger partial charge in [-0.1, -0.05) is 67.8 Å². The Morgan fingerprint density at radius 2 is 1.95 bits per heavy atom. The van der Waals surface area contributed by atoms with Gasteiger partial charge in [-0.05, 0) is 31.1 Å². The van der Waals surface area contributed by atoms with Crippen LogP contribution in [-0.2, 0) is 4.79 Å². The van der Waals surface area contributed by atoms with Crippen LogP contribution in [0.5, 0.6) is 0 Å². The van der Waals surface area contributed by atoms with Crippen molar-refractivity contribution in [1.82, 2.24) is 0 Å². The van der Waals surface area contributed by atoms with Crippen LogP contribution in [0.25, 0.3) is 0 Å². The number of rotatable bonds is 12. The van der Waals surface area contributed by atoms with Crippen molar-refractivity contribution in [2.75, 3.05) is 5.33 Å². The second kappa shape index (κ2) is 9.79. The van der Waals surface area contributed by atoms with Crippen molar-refractivity contribution in [2.24, 2.45) is 17.8 Å². The first-order chi connectivity index (χ1) is 9.20. The number of carbonyl (C=O) groups is 1. The Morgan fingerprint density at radius 3 is 2.58 bits per heavy atom. The fourth-order valence-corrected chi connectivity index (χ4v) is 3.48. The van der Waals surface area contributed by atoms with Crippen LogP contribution < -0.4 is 0 Å². The summed E-state index contributed by atoms with van der Waals surface area (Å²) in [7, 11) is 0. The minimum Gasteiger partial charge on any atom is -0.481 e. The van der Waals surface area contributed by atoms with Crippen molar-refractivity contribution >= 4 is 21.9 Å². The number of unbranched alkanes of at least 4 members (excludes halogenated alkanes) is 5. The first-order valence-corrected chi connectivity index (χ1v) is 9.11. The summed E-state index contributed by atoms with van der Waals surface area (Å²) >= 11 is 3.43. The van der Waals surface area contributed by atoms with Crippen molar-refractivity contribution < 1.29 is 9.90 Å². The molecular weight excluding hydrogens is 304 g/mol. The van der Waals surface area contributed by atoms with E-state index in [1.54, 1.807) is 0 Å². The molecule has 3 atom stereocenters. The molecule has 1 saturated carbocycles. The van der Waals surface area contributed by atoms with E-state index in [2.05, 4.69) is 22.9 Å². The van der Waals surface area contributed by atoms with Crippen molar-refractivity contribution in [3.63, 3.8) is 0 Å². The van der Waals surface area contributed by atoms with E-state index in [4.69, 9.17) is 0 Å². The van der Waals surface area contributed by atoms with Crippen LogP contribution in [0.1, 0.15) is 71.1 Å². The molecule has 1 fully saturated rings. The smallest absolute Gasteiger partial charge is 0.306 e. The maximum Gasteiger partial charge on any atom is 0.306 e. The van der Waals surface area contributed by atoms with Crippen LogP contribution in [0.3, 0.4) is 0 Å². The van der Waals surface area contributed by atoms with E-state index in [-0.39, 0.29) is 5.92 Å². The normalized spacial score (nSPS) is 23.3. The standard InChI is InChI=1S/C16H29BrO2/c1-2-3-6-9-13-12-15(13)14(16(18)19)10-7-4-5-8-11-17/h13-15H,2-12H2,1H3,(H,18,19)/t13?,14-,15-/m1/s1. The predicted octanol–water partition coefficient (Wildman–Crippen LogP) is 5.25.